The molecule has 1 fully saturated rings. The van der Waals surface area contributed by atoms with E-state index < -0.39 is 6.29 Å². The minimum Gasteiger partial charge on any atom is -0.392 e. The van der Waals surface area contributed by atoms with Gasteiger partial charge in [0.2, 0.25) is 11.8 Å². The predicted octanol–water partition coefficient (Wildman–Crippen LogP) is 9.38. The van der Waals surface area contributed by atoms with Gasteiger partial charge in [0.25, 0.3) is 0 Å². The second-order valence-electron chi connectivity index (χ2n) is 14.2. The number of nitrogens with one attached hydrogen (secondary N) is 2. The summed E-state index contributed by atoms with van der Waals surface area (Å²) in [5.41, 5.74) is 3.67. The number of carbonyl (C=O) groups is 2. The third-order valence-corrected chi connectivity index (χ3v) is 9.65. The molecule has 2 amide bonds. The molecule has 0 bridgehead atoms. The van der Waals surface area contributed by atoms with Gasteiger partial charge in [-0.15, -0.1) is 0 Å². The van der Waals surface area contributed by atoms with Crippen LogP contribution in [0.25, 0.3) is 0 Å². The highest BCUT2D eigenvalue weighted by Gasteiger charge is 2.33. The first-order chi connectivity index (χ1) is 24.4. The van der Waals surface area contributed by atoms with E-state index in [0.29, 0.717) is 13.0 Å². The number of unbranched alkanes of at least 4 members (excludes halogenated alkanes) is 12. The van der Waals surface area contributed by atoms with E-state index in [0.717, 1.165) is 67.7 Å². The third kappa shape index (κ3) is 17.0. The molecule has 1 saturated heterocycles. The fourth-order valence-corrected chi connectivity index (χ4v) is 6.65. The van der Waals surface area contributed by atoms with Crippen LogP contribution in [0.2, 0.25) is 0 Å². The van der Waals surface area contributed by atoms with Crippen LogP contribution in [-0.2, 0) is 25.7 Å². The number of ether oxygens (including phenoxy) is 2. The fourth-order valence-electron chi connectivity index (χ4n) is 6.65. The van der Waals surface area contributed by atoms with Crippen molar-refractivity contribution in [3.05, 3.63) is 65.2 Å². The number of nitrogens with zero attached hydrogens (tertiary/aromatic N) is 1. The van der Waals surface area contributed by atoms with E-state index in [1.165, 1.54) is 84.0 Å². The van der Waals surface area contributed by atoms with Crippen molar-refractivity contribution in [2.24, 2.45) is 0 Å². The zero-order valence-corrected chi connectivity index (χ0v) is 31.4. The van der Waals surface area contributed by atoms with Crippen LogP contribution >= 0.6 is 0 Å². The van der Waals surface area contributed by atoms with Gasteiger partial charge in [-0.1, -0.05) is 121 Å². The van der Waals surface area contributed by atoms with E-state index in [4.69, 9.17) is 9.47 Å². The Morgan fingerprint density at radius 2 is 1.32 bits per heavy atom. The average Bonchev–Trinajstić information content (AvgIpc) is 3.12. The van der Waals surface area contributed by atoms with Gasteiger partial charge in [-0.05, 0) is 62.0 Å². The normalized spacial score (nSPS) is 17.6. The summed E-state index contributed by atoms with van der Waals surface area (Å²) in [7, 11) is 0. The van der Waals surface area contributed by atoms with E-state index in [1.807, 2.05) is 36.4 Å². The molecule has 0 aromatic heterocycles. The van der Waals surface area contributed by atoms with Crippen molar-refractivity contribution in [2.45, 2.75) is 155 Å². The molecule has 280 valence electrons. The largest absolute Gasteiger partial charge is 0.392 e. The standard InChI is InChI=1S/C42H67N3O5/c1-4-6-8-10-12-17-29-45(30-18-13-11-9-7-5-2)32-39-31-40(36-22-20-35(33-46)21-23-36)50-42(49-39)37-24-26-38(27-25-37)44-41(48)19-15-14-16-28-43-34(3)47/h20-27,39-40,42,46H,4-19,28-33H2,1-3H3,(H,43,47)(H,44,48). The van der Waals surface area contributed by atoms with E-state index in [1.54, 1.807) is 0 Å². The molecule has 0 aliphatic carbocycles. The SMILES string of the molecule is CCCCCCCCN(CCCCCCCC)CC1CC(c2ccc(CO)cc2)OC(c2ccc(NC(=O)CCCCCNC(C)=O)cc2)O1. The van der Waals surface area contributed by atoms with Gasteiger partial charge in [-0.3, -0.25) is 9.59 Å². The van der Waals surface area contributed by atoms with Crippen LogP contribution in [0.3, 0.4) is 0 Å². The highest BCUT2D eigenvalue weighted by molar-refractivity contribution is 5.90. The van der Waals surface area contributed by atoms with Crippen LogP contribution in [0.1, 0.15) is 159 Å². The molecule has 50 heavy (non-hydrogen) atoms. The van der Waals surface area contributed by atoms with Gasteiger partial charge in [0, 0.05) is 44.1 Å². The number of benzene rings is 2. The van der Waals surface area contributed by atoms with Gasteiger partial charge in [0.1, 0.15) is 0 Å². The summed E-state index contributed by atoms with van der Waals surface area (Å²) < 4.78 is 13.3. The number of amides is 2. The lowest BCUT2D eigenvalue weighted by Gasteiger charge is -2.38. The minimum absolute atomic E-state index is 0.00952. The topological polar surface area (TPSA) is 100 Å². The predicted molar refractivity (Wildman–Crippen MR) is 204 cm³/mol. The minimum atomic E-state index is -0.519. The molecular weight excluding hydrogens is 626 g/mol. The van der Waals surface area contributed by atoms with Gasteiger partial charge in [-0.25, -0.2) is 0 Å². The number of rotatable bonds is 26. The van der Waals surface area contributed by atoms with Gasteiger partial charge in [0.15, 0.2) is 6.29 Å². The third-order valence-electron chi connectivity index (χ3n) is 9.65. The zero-order valence-electron chi connectivity index (χ0n) is 31.4. The maximum absolute atomic E-state index is 12.6. The Morgan fingerprint density at radius 1 is 0.740 bits per heavy atom. The van der Waals surface area contributed by atoms with Crippen LogP contribution in [0.4, 0.5) is 5.69 Å². The van der Waals surface area contributed by atoms with Crippen molar-refractivity contribution in [2.75, 3.05) is 31.5 Å². The maximum atomic E-state index is 12.6. The molecule has 0 radical (unpaired) electrons. The van der Waals surface area contributed by atoms with Crippen LogP contribution < -0.4 is 10.6 Å². The number of hydrogen-bond donors (Lipinski definition) is 3. The first-order valence-corrected chi connectivity index (χ1v) is 19.8. The second-order valence-corrected chi connectivity index (χ2v) is 14.2. The van der Waals surface area contributed by atoms with Crippen LogP contribution in [-0.4, -0.2) is 54.1 Å². The first-order valence-electron chi connectivity index (χ1n) is 19.8. The highest BCUT2D eigenvalue weighted by Crippen LogP contribution is 2.38. The van der Waals surface area contributed by atoms with Crippen molar-refractivity contribution in [1.82, 2.24) is 10.2 Å². The Hall–Kier alpha value is -2.78. The molecule has 2 aromatic rings. The Morgan fingerprint density at radius 3 is 1.92 bits per heavy atom. The molecule has 3 N–H and O–H groups in total. The van der Waals surface area contributed by atoms with Crippen molar-refractivity contribution in [1.29, 1.82) is 0 Å². The Kier molecular flexibility index (Phi) is 21.0. The highest BCUT2D eigenvalue weighted by atomic mass is 16.7. The van der Waals surface area contributed by atoms with Crippen LogP contribution in [0, 0.1) is 0 Å². The van der Waals surface area contributed by atoms with Gasteiger partial charge < -0.3 is 30.1 Å². The summed E-state index contributed by atoms with van der Waals surface area (Å²) >= 11 is 0. The lowest BCUT2D eigenvalue weighted by molar-refractivity contribution is -0.253. The lowest BCUT2D eigenvalue weighted by atomic mass is 9.99. The van der Waals surface area contributed by atoms with Gasteiger partial charge in [-0.2, -0.15) is 0 Å². The smallest absolute Gasteiger partial charge is 0.224 e. The van der Waals surface area contributed by atoms with Crippen LogP contribution in [0.15, 0.2) is 48.5 Å². The Labute approximate surface area is 303 Å². The summed E-state index contributed by atoms with van der Waals surface area (Å²) in [5, 5.41) is 15.4. The molecule has 3 rings (SSSR count). The van der Waals surface area contributed by atoms with E-state index >= 15 is 0 Å². The van der Waals surface area contributed by atoms with E-state index in [2.05, 4.69) is 41.5 Å². The van der Waals surface area contributed by atoms with Gasteiger partial charge in [0.05, 0.1) is 18.8 Å². The number of carbonyl (C=O) groups excluding carboxylic acids is 2. The summed E-state index contributed by atoms with van der Waals surface area (Å²) in [5.74, 6) is -0.0309. The van der Waals surface area contributed by atoms with Crippen molar-refractivity contribution in [3.8, 4) is 0 Å². The molecular formula is C42H67N3O5. The lowest BCUT2D eigenvalue weighted by Crippen LogP contribution is -2.40. The monoisotopic (exact) mass is 694 g/mol. The fraction of sp³-hybridized carbons (Fsp3) is 0.667. The summed E-state index contributed by atoms with van der Waals surface area (Å²) in [6.07, 6.45) is 18.7. The maximum Gasteiger partial charge on any atom is 0.224 e. The number of anilines is 1. The van der Waals surface area contributed by atoms with E-state index in [9.17, 15) is 14.7 Å². The summed E-state index contributed by atoms with van der Waals surface area (Å²) in [6, 6.07) is 15.9. The average molecular weight is 694 g/mol. The van der Waals surface area contributed by atoms with Crippen LogP contribution in [0.5, 0.6) is 0 Å². The summed E-state index contributed by atoms with van der Waals surface area (Å²) in [4.78, 5) is 26.2. The van der Waals surface area contributed by atoms with Crippen molar-refractivity contribution < 1.29 is 24.2 Å². The van der Waals surface area contributed by atoms with Gasteiger partial charge >= 0.3 is 0 Å². The molecule has 3 atom stereocenters. The second kappa shape index (κ2) is 25.2. The molecule has 0 saturated carbocycles. The zero-order chi connectivity index (χ0) is 35.8. The van der Waals surface area contributed by atoms with Crippen molar-refractivity contribution in [3.63, 3.8) is 0 Å². The molecule has 2 aromatic carbocycles. The number of aliphatic hydroxyl groups is 1. The number of aliphatic hydroxyl groups excluding tert-OH is 1. The van der Waals surface area contributed by atoms with Crippen molar-refractivity contribution >= 4 is 17.5 Å². The number of hydrogen-bond acceptors (Lipinski definition) is 6. The molecule has 1 aliphatic rings. The Balaban J connectivity index is 1.64. The molecule has 1 heterocycles. The van der Waals surface area contributed by atoms with E-state index in [-0.39, 0.29) is 30.6 Å². The molecule has 1 aliphatic heterocycles. The molecule has 3 unspecified atom stereocenters. The quantitative estimate of drug-likeness (QED) is 0.0850. The Bertz CT molecular complexity index is 1170. The molecule has 0 spiro atoms. The molecule has 8 heteroatoms. The summed E-state index contributed by atoms with van der Waals surface area (Å²) in [6.45, 7) is 9.82. The first kappa shape index (κ1) is 41.6. The molecule has 8 nitrogen and oxygen atoms in total.